The van der Waals surface area contributed by atoms with E-state index in [1.807, 2.05) is 0 Å². The van der Waals surface area contributed by atoms with E-state index in [0.717, 1.165) is 83.5 Å². The van der Waals surface area contributed by atoms with Crippen molar-refractivity contribution in [1.29, 1.82) is 0 Å². The van der Waals surface area contributed by atoms with Crippen LogP contribution in [0.25, 0.3) is 0 Å². The van der Waals surface area contributed by atoms with Crippen molar-refractivity contribution >= 4 is 19.8 Å². The molecule has 0 amide bonds. The van der Waals surface area contributed by atoms with Gasteiger partial charge in [0.2, 0.25) is 0 Å². The number of allylic oxidation sites excluding steroid dienone is 6. The molecule has 1 saturated carbocycles. The second-order valence-corrected chi connectivity index (χ2v) is 17.0. The zero-order valence-corrected chi connectivity index (χ0v) is 38.1. The summed E-state index contributed by atoms with van der Waals surface area (Å²) in [5.74, 6) is -2.50. The standard InChI is InChI=1S/C46H83O13P.H3N/c1-3-5-7-9-11-13-15-17-19-20-21-23-25-27-29-31-33-35-40(48)58-38(37-57-60(54,55)59-46-44(52)42(50)41(49)43(51)45(46)53)36-56-39(47)34-32-30-28-26-24-22-18-16-14-12-10-8-6-4-2;/h5,7,11,13,17,19,38,41-46,49-53H,3-4,6,8-10,12,14-16,18,20-37H2,1-2H3,(H,54,55);1H3/b7-5-,13-11-,19-17-;/t38-,41?,42-,43+,44-,45-,46?;/m1./s1/i36D2,37D2,38D;. The molecule has 0 radical (unpaired) electrons. The lowest BCUT2D eigenvalue weighted by Gasteiger charge is -2.41. The summed E-state index contributed by atoms with van der Waals surface area (Å²) in [7, 11) is -6.00. The van der Waals surface area contributed by atoms with E-state index in [4.69, 9.17) is 16.3 Å². The first-order valence-electron chi connectivity index (χ1n) is 25.3. The number of carbonyl (C=O) groups is 2. The van der Waals surface area contributed by atoms with Crippen LogP contribution < -0.4 is 6.15 Å². The predicted octanol–water partition coefficient (Wildman–Crippen LogP) is 9.16. The number of aliphatic hydroxyl groups is 5. The third-order valence-electron chi connectivity index (χ3n) is 10.3. The smallest absolute Gasteiger partial charge is 0.462 e. The normalized spacial score (nSPS) is 24.3. The van der Waals surface area contributed by atoms with E-state index < -0.39 is 82.0 Å². The van der Waals surface area contributed by atoms with Crippen LogP contribution in [0.1, 0.15) is 194 Å². The van der Waals surface area contributed by atoms with Crippen LogP contribution >= 0.6 is 7.82 Å². The molecule has 61 heavy (non-hydrogen) atoms. The molecule has 0 aliphatic heterocycles. The Morgan fingerprint density at radius 3 is 1.49 bits per heavy atom. The molecule has 15 heteroatoms. The van der Waals surface area contributed by atoms with Gasteiger partial charge in [-0.15, -0.1) is 0 Å². The highest BCUT2D eigenvalue weighted by Crippen LogP contribution is 2.47. The van der Waals surface area contributed by atoms with Crippen LogP contribution in [-0.4, -0.2) is 98.2 Å². The van der Waals surface area contributed by atoms with Crippen LogP contribution in [0.5, 0.6) is 0 Å². The van der Waals surface area contributed by atoms with E-state index in [0.29, 0.717) is 12.8 Å². The number of hydrogen-bond donors (Lipinski definition) is 7. The third-order valence-corrected chi connectivity index (χ3v) is 11.2. The largest absolute Gasteiger partial charge is 0.472 e. The van der Waals surface area contributed by atoms with Crippen LogP contribution in [-0.2, 0) is 32.7 Å². The summed E-state index contributed by atoms with van der Waals surface area (Å²) >= 11 is 0. The molecule has 0 heterocycles. The molecule has 0 saturated heterocycles. The molecule has 14 nitrogen and oxygen atoms in total. The van der Waals surface area contributed by atoms with Crippen molar-refractivity contribution in [1.82, 2.24) is 6.15 Å². The maximum Gasteiger partial charge on any atom is 0.472 e. The minimum Gasteiger partial charge on any atom is -0.462 e. The highest BCUT2D eigenvalue weighted by atomic mass is 31.2. The van der Waals surface area contributed by atoms with Crippen molar-refractivity contribution in [2.24, 2.45) is 0 Å². The highest BCUT2D eigenvalue weighted by Gasteiger charge is 2.51. The second-order valence-electron chi connectivity index (χ2n) is 15.7. The number of phosphoric acid groups is 1. The molecule has 0 spiro atoms. The molecule has 1 rings (SSSR count). The molecule has 3 unspecified atom stereocenters. The number of rotatable bonds is 38. The van der Waals surface area contributed by atoms with Crippen molar-refractivity contribution in [2.45, 2.75) is 230 Å². The van der Waals surface area contributed by atoms with Crippen molar-refractivity contribution in [3.63, 3.8) is 0 Å². The SMILES string of the molecule is N.[2H]C([2H])(OC(=O)CCCCCCCCCCCCCCCC)[C@@]([2H])(OC(=O)CCCCCCCCC/C=C\C/C=C\C/C=C\CC)C([2H])([2H])OP(=O)(O)OC1[C@H](O)[C@H](O)C(O)[C@H](O)[C@H]1O. The van der Waals surface area contributed by atoms with E-state index in [1.54, 1.807) is 0 Å². The van der Waals surface area contributed by atoms with Gasteiger partial charge in [-0.3, -0.25) is 18.6 Å². The molecular formula is C46H86NO13P. The summed E-state index contributed by atoms with van der Waals surface area (Å²) in [6.07, 6.45) is 18.6. The third kappa shape index (κ3) is 30.7. The Labute approximate surface area is 374 Å². The lowest BCUT2D eigenvalue weighted by molar-refractivity contribution is -0.220. The van der Waals surface area contributed by atoms with Crippen molar-refractivity contribution in [2.75, 3.05) is 13.1 Å². The lowest BCUT2D eigenvalue weighted by atomic mass is 9.85. The number of hydrogen-bond acceptors (Lipinski definition) is 13. The minimum absolute atomic E-state index is 0. The van der Waals surface area contributed by atoms with Gasteiger partial charge >= 0.3 is 19.8 Å². The number of esters is 2. The molecule has 0 bridgehead atoms. The molecule has 358 valence electrons. The highest BCUT2D eigenvalue weighted by molar-refractivity contribution is 7.47. The maximum atomic E-state index is 13.1. The van der Waals surface area contributed by atoms with Crippen LogP contribution in [0.4, 0.5) is 0 Å². The summed E-state index contributed by atoms with van der Waals surface area (Å²) in [5.41, 5.74) is 0. The van der Waals surface area contributed by atoms with Crippen LogP contribution in [0.3, 0.4) is 0 Å². The first-order chi connectivity index (χ1) is 30.8. The molecular weight excluding hydrogens is 805 g/mol. The van der Waals surface area contributed by atoms with Gasteiger partial charge in [0.05, 0.1) is 13.4 Å². The van der Waals surface area contributed by atoms with E-state index in [-0.39, 0.29) is 25.4 Å². The van der Waals surface area contributed by atoms with Crippen molar-refractivity contribution in [3.8, 4) is 0 Å². The summed E-state index contributed by atoms with van der Waals surface area (Å²) in [5, 5.41) is 50.4. The zero-order chi connectivity index (χ0) is 48.8. The van der Waals surface area contributed by atoms with Gasteiger partial charge in [-0.1, -0.05) is 166 Å². The van der Waals surface area contributed by atoms with E-state index in [1.165, 1.54) is 51.4 Å². The van der Waals surface area contributed by atoms with Gasteiger partial charge in [-0.05, 0) is 44.9 Å². The number of aliphatic hydroxyl groups excluding tert-OH is 5. The van der Waals surface area contributed by atoms with Gasteiger partial charge in [0, 0.05) is 12.8 Å². The van der Waals surface area contributed by atoms with Gasteiger partial charge in [0.25, 0.3) is 0 Å². The van der Waals surface area contributed by atoms with Gasteiger partial charge in [0.15, 0.2) is 6.08 Å². The predicted molar refractivity (Wildman–Crippen MR) is 240 cm³/mol. The van der Waals surface area contributed by atoms with E-state index >= 15 is 0 Å². The Kier molecular flexibility index (Phi) is 31.6. The van der Waals surface area contributed by atoms with Crippen LogP contribution in [0.2, 0.25) is 0 Å². The summed E-state index contributed by atoms with van der Waals surface area (Å²) in [6.45, 7) is -3.68. The summed E-state index contributed by atoms with van der Waals surface area (Å²) < 4.78 is 75.0. The van der Waals surface area contributed by atoms with Crippen molar-refractivity contribution < 1.29 is 70.0 Å². The maximum absolute atomic E-state index is 13.1. The number of ether oxygens (including phenoxy) is 2. The van der Waals surface area contributed by atoms with E-state index in [9.17, 15) is 44.6 Å². The fourth-order valence-corrected chi connectivity index (χ4v) is 7.48. The molecule has 9 N–H and O–H groups in total. The molecule has 1 aliphatic rings. The topological polar surface area (TPSA) is 245 Å². The first kappa shape index (κ1) is 50.0. The summed E-state index contributed by atoms with van der Waals surface area (Å²) in [6, 6.07) is 0. The Morgan fingerprint density at radius 2 is 1.00 bits per heavy atom. The Bertz CT molecular complexity index is 1430. The molecule has 8 atom stereocenters. The molecule has 1 fully saturated rings. The van der Waals surface area contributed by atoms with Gasteiger partial charge in [-0.25, -0.2) is 4.57 Å². The average molecular weight is 897 g/mol. The lowest BCUT2D eigenvalue weighted by Crippen LogP contribution is -2.64. The monoisotopic (exact) mass is 897 g/mol. The molecule has 1 aliphatic carbocycles. The summed E-state index contributed by atoms with van der Waals surface area (Å²) in [4.78, 5) is 36.5. The number of carbonyl (C=O) groups excluding carboxylic acids is 2. The molecule has 0 aromatic carbocycles. The quantitative estimate of drug-likeness (QED) is 0.0132. The van der Waals surface area contributed by atoms with Gasteiger partial charge < -0.3 is 46.1 Å². The Balaban J connectivity index is 0.0000422. The Hall–Kier alpha value is -1.97. The second kappa shape index (κ2) is 38.5. The number of phosphoric ester groups is 1. The minimum atomic E-state index is -6.00. The zero-order valence-electron chi connectivity index (χ0n) is 42.2. The molecule has 0 aromatic heterocycles. The van der Waals surface area contributed by atoms with Crippen LogP contribution in [0, 0.1) is 0 Å². The number of unbranched alkanes of at least 4 members (excludes halogenated alkanes) is 20. The van der Waals surface area contributed by atoms with Crippen LogP contribution in [0.15, 0.2) is 36.5 Å². The average Bonchev–Trinajstić information content (AvgIpc) is 3.24. The fraction of sp³-hybridized carbons (Fsp3) is 0.826. The van der Waals surface area contributed by atoms with E-state index in [2.05, 4.69) is 59.4 Å². The molecule has 0 aromatic rings. The van der Waals surface area contributed by atoms with Gasteiger partial charge in [-0.2, -0.15) is 0 Å². The fourth-order valence-electron chi connectivity index (χ4n) is 6.68. The van der Waals surface area contributed by atoms with Gasteiger partial charge in [0.1, 0.15) is 43.2 Å². The first-order valence-corrected chi connectivity index (χ1v) is 24.3. The Morgan fingerprint density at radius 1 is 0.590 bits per heavy atom. The van der Waals surface area contributed by atoms with Crippen molar-refractivity contribution in [3.05, 3.63) is 36.5 Å².